The molecule has 0 saturated heterocycles. The van der Waals surface area contributed by atoms with Gasteiger partial charge in [0.25, 0.3) is 0 Å². The summed E-state index contributed by atoms with van der Waals surface area (Å²) in [6, 6.07) is 2.95. The van der Waals surface area contributed by atoms with Crippen molar-refractivity contribution >= 4 is 18.1 Å². The summed E-state index contributed by atoms with van der Waals surface area (Å²) < 4.78 is 5.38. The first-order valence-electron chi connectivity index (χ1n) is 7.21. The van der Waals surface area contributed by atoms with Gasteiger partial charge in [-0.1, -0.05) is 24.3 Å². The molecule has 0 spiro atoms. The Hall–Kier alpha value is -2.11. The normalized spacial score (nSPS) is 13.0. The Kier molecular flexibility index (Phi) is 5.75. The molecule has 0 heterocycles. The molecule has 0 saturated carbocycles. The zero-order chi connectivity index (χ0) is 17.8. The third kappa shape index (κ3) is 6.26. The van der Waals surface area contributed by atoms with Crippen molar-refractivity contribution < 1.29 is 24.9 Å². The molecule has 0 amide bonds. The first-order chi connectivity index (χ1) is 10.4. The Bertz CT molecular complexity index is 583. The van der Waals surface area contributed by atoms with Crippen molar-refractivity contribution in [3.05, 3.63) is 41.0 Å². The van der Waals surface area contributed by atoms with Crippen LogP contribution < -0.4 is 4.74 Å². The van der Waals surface area contributed by atoms with Crippen molar-refractivity contribution in [3.8, 4) is 5.75 Å². The van der Waals surface area contributed by atoms with Crippen molar-refractivity contribution in [1.82, 2.24) is 0 Å². The SMILES string of the molecule is COc1c(C=CC(C)(C)O)cc(C(=O)O)cc1C=CC(C)(C)O. The van der Waals surface area contributed by atoms with Crippen LogP contribution in [0.2, 0.25) is 0 Å². The number of rotatable bonds is 6. The van der Waals surface area contributed by atoms with E-state index in [1.807, 2.05) is 0 Å². The number of benzene rings is 1. The number of carboxylic acid groups (broad SMARTS) is 1. The summed E-state index contributed by atoms with van der Waals surface area (Å²) >= 11 is 0. The molecule has 1 aromatic carbocycles. The minimum absolute atomic E-state index is 0.0941. The van der Waals surface area contributed by atoms with Crippen LogP contribution in [0.3, 0.4) is 0 Å². The van der Waals surface area contributed by atoms with Crippen LogP contribution in [0.15, 0.2) is 24.3 Å². The molecule has 126 valence electrons. The molecule has 0 aliphatic heterocycles. The second kappa shape index (κ2) is 6.98. The van der Waals surface area contributed by atoms with E-state index >= 15 is 0 Å². The summed E-state index contributed by atoms with van der Waals surface area (Å²) in [6.07, 6.45) is 6.35. The molecule has 1 rings (SSSR count). The van der Waals surface area contributed by atoms with Crippen LogP contribution in [0, 0.1) is 0 Å². The number of carboxylic acids is 1. The van der Waals surface area contributed by atoms with Gasteiger partial charge in [-0.15, -0.1) is 0 Å². The summed E-state index contributed by atoms with van der Waals surface area (Å²) in [4.78, 5) is 11.3. The Morgan fingerprint density at radius 1 is 1.00 bits per heavy atom. The van der Waals surface area contributed by atoms with Crippen LogP contribution in [0.25, 0.3) is 12.2 Å². The lowest BCUT2D eigenvalue weighted by atomic mass is 9.99. The maximum Gasteiger partial charge on any atom is 0.335 e. The molecule has 1 aromatic rings. The molecule has 0 fully saturated rings. The molecule has 0 aliphatic rings. The zero-order valence-electron chi connectivity index (χ0n) is 14.1. The summed E-state index contributed by atoms with van der Waals surface area (Å²) in [5.41, 5.74) is -0.910. The number of methoxy groups -OCH3 is 1. The number of hydrogen-bond donors (Lipinski definition) is 3. The lowest BCUT2D eigenvalue weighted by molar-refractivity contribution is 0.0696. The smallest absolute Gasteiger partial charge is 0.335 e. The van der Waals surface area contributed by atoms with E-state index in [2.05, 4.69) is 0 Å². The average molecular weight is 320 g/mol. The van der Waals surface area contributed by atoms with Gasteiger partial charge in [0.1, 0.15) is 5.75 Å². The highest BCUT2D eigenvalue weighted by Gasteiger charge is 2.15. The quantitative estimate of drug-likeness (QED) is 0.750. The predicted molar refractivity (Wildman–Crippen MR) is 90.6 cm³/mol. The fourth-order valence-electron chi connectivity index (χ4n) is 1.87. The van der Waals surface area contributed by atoms with E-state index in [0.717, 1.165) is 0 Å². The topological polar surface area (TPSA) is 87.0 Å². The van der Waals surface area contributed by atoms with Gasteiger partial charge in [0.05, 0.1) is 23.9 Å². The number of aliphatic hydroxyl groups is 2. The van der Waals surface area contributed by atoms with E-state index in [1.165, 1.54) is 19.2 Å². The summed E-state index contributed by atoms with van der Waals surface area (Å²) in [6.45, 7) is 6.47. The van der Waals surface area contributed by atoms with Gasteiger partial charge in [0.15, 0.2) is 0 Å². The van der Waals surface area contributed by atoms with E-state index in [1.54, 1.807) is 52.0 Å². The molecule has 0 aliphatic carbocycles. The Morgan fingerprint density at radius 3 is 1.65 bits per heavy atom. The van der Waals surface area contributed by atoms with Crippen molar-refractivity contribution in [1.29, 1.82) is 0 Å². The zero-order valence-corrected chi connectivity index (χ0v) is 14.1. The average Bonchev–Trinajstić information content (AvgIpc) is 2.40. The van der Waals surface area contributed by atoms with Crippen LogP contribution >= 0.6 is 0 Å². The van der Waals surface area contributed by atoms with Crippen molar-refractivity contribution in [3.63, 3.8) is 0 Å². The molecule has 3 N–H and O–H groups in total. The molecular weight excluding hydrogens is 296 g/mol. The van der Waals surface area contributed by atoms with Crippen LogP contribution in [0.4, 0.5) is 0 Å². The van der Waals surface area contributed by atoms with E-state index < -0.39 is 17.2 Å². The minimum atomic E-state index is -1.07. The summed E-state index contributed by atoms with van der Waals surface area (Å²) in [7, 11) is 1.48. The summed E-state index contributed by atoms with van der Waals surface area (Å²) in [5.74, 6) is -0.598. The molecule has 23 heavy (non-hydrogen) atoms. The van der Waals surface area contributed by atoms with Crippen molar-refractivity contribution in [2.75, 3.05) is 7.11 Å². The standard InChI is InChI=1S/C18H24O5/c1-17(2,21)8-6-12-10-14(16(19)20)11-13(15(12)23-5)7-9-18(3,4)22/h6-11,21-22H,1-5H3,(H,19,20). The maximum absolute atomic E-state index is 11.3. The van der Waals surface area contributed by atoms with Gasteiger partial charge >= 0.3 is 5.97 Å². The second-order valence-corrected chi connectivity index (χ2v) is 6.47. The third-order valence-electron chi connectivity index (χ3n) is 2.94. The molecule has 5 nitrogen and oxygen atoms in total. The van der Waals surface area contributed by atoms with Crippen LogP contribution in [-0.2, 0) is 0 Å². The lowest BCUT2D eigenvalue weighted by Crippen LogP contribution is -2.14. The van der Waals surface area contributed by atoms with Crippen molar-refractivity contribution in [2.45, 2.75) is 38.9 Å². The van der Waals surface area contributed by atoms with Crippen LogP contribution in [0.5, 0.6) is 5.75 Å². The molecule has 0 atom stereocenters. The third-order valence-corrected chi connectivity index (χ3v) is 2.94. The van der Waals surface area contributed by atoms with E-state index in [4.69, 9.17) is 4.74 Å². The van der Waals surface area contributed by atoms with Gasteiger partial charge in [-0.05, 0) is 39.8 Å². The maximum atomic E-state index is 11.3. The highest BCUT2D eigenvalue weighted by atomic mass is 16.5. The number of aromatic carboxylic acids is 1. The number of ether oxygens (including phenoxy) is 1. The minimum Gasteiger partial charge on any atom is -0.496 e. The largest absolute Gasteiger partial charge is 0.496 e. The van der Waals surface area contributed by atoms with Gasteiger partial charge in [0, 0.05) is 11.1 Å². The fourth-order valence-corrected chi connectivity index (χ4v) is 1.87. The van der Waals surface area contributed by atoms with Crippen LogP contribution in [-0.4, -0.2) is 39.6 Å². The highest BCUT2D eigenvalue weighted by molar-refractivity contribution is 5.90. The predicted octanol–water partition coefficient (Wildman–Crippen LogP) is 2.96. The molecule has 0 bridgehead atoms. The summed E-state index contributed by atoms with van der Waals surface area (Å²) in [5, 5.41) is 28.9. The van der Waals surface area contributed by atoms with E-state index in [-0.39, 0.29) is 5.56 Å². The molecule has 0 aromatic heterocycles. The van der Waals surface area contributed by atoms with Gasteiger partial charge in [-0.3, -0.25) is 0 Å². The van der Waals surface area contributed by atoms with E-state index in [9.17, 15) is 20.1 Å². The monoisotopic (exact) mass is 320 g/mol. The molecule has 0 radical (unpaired) electrons. The van der Waals surface area contributed by atoms with Gasteiger partial charge in [-0.25, -0.2) is 4.79 Å². The van der Waals surface area contributed by atoms with Gasteiger partial charge in [-0.2, -0.15) is 0 Å². The number of hydrogen-bond acceptors (Lipinski definition) is 4. The van der Waals surface area contributed by atoms with Crippen LogP contribution in [0.1, 0.15) is 49.2 Å². The second-order valence-electron chi connectivity index (χ2n) is 6.47. The van der Waals surface area contributed by atoms with E-state index in [0.29, 0.717) is 16.9 Å². The van der Waals surface area contributed by atoms with Crippen molar-refractivity contribution in [2.24, 2.45) is 0 Å². The van der Waals surface area contributed by atoms with Gasteiger partial charge in [0.2, 0.25) is 0 Å². The number of carbonyl (C=O) groups is 1. The Morgan fingerprint density at radius 2 is 1.39 bits per heavy atom. The highest BCUT2D eigenvalue weighted by Crippen LogP contribution is 2.29. The first-order valence-corrected chi connectivity index (χ1v) is 7.21. The Balaban J connectivity index is 3.50. The first kappa shape index (κ1) is 18.9. The molecular formula is C18H24O5. The fraction of sp³-hybridized carbons (Fsp3) is 0.389. The molecule has 5 heteroatoms. The Labute approximate surface area is 136 Å². The molecule has 0 unspecified atom stereocenters. The van der Waals surface area contributed by atoms with Gasteiger partial charge < -0.3 is 20.1 Å². The lowest BCUT2D eigenvalue weighted by Gasteiger charge is -2.15.